The summed E-state index contributed by atoms with van der Waals surface area (Å²) in [6, 6.07) is 10.8. The zero-order valence-electron chi connectivity index (χ0n) is 10.4. The lowest BCUT2D eigenvalue weighted by Crippen LogP contribution is -2.05. The summed E-state index contributed by atoms with van der Waals surface area (Å²) >= 11 is 0. The third kappa shape index (κ3) is 3.08. The van der Waals surface area contributed by atoms with E-state index in [0.29, 0.717) is 17.1 Å². The first-order chi connectivity index (χ1) is 9.10. The Morgan fingerprint density at radius 2 is 2.00 bits per heavy atom. The number of benzene rings is 1. The molecule has 0 saturated carbocycles. The maximum absolute atomic E-state index is 12.8. The Bertz CT molecular complexity index is 622. The Labute approximate surface area is 110 Å². The molecule has 0 amide bonds. The van der Waals surface area contributed by atoms with Gasteiger partial charge < -0.3 is 4.42 Å². The Morgan fingerprint density at radius 3 is 2.53 bits per heavy atom. The van der Waals surface area contributed by atoms with Crippen molar-refractivity contribution >= 4 is 5.78 Å². The third-order valence-electron chi connectivity index (χ3n) is 2.82. The minimum absolute atomic E-state index is 0.0229. The lowest BCUT2D eigenvalue weighted by molar-refractivity contribution is 0.0976. The molecular formula is C15H12FNO2. The monoisotopic (exact) mass is 257 g/mol. The van der Waals surface area contributed by atoms with E-state index < -0.39 is 11.7 Å². The molecule has 1 aromatic heterocycles. The van der Waals surface area contributed by atoms with E-state index >= 15 is 0 Å². The predicted octanol–water partition coefficient (Wildman–Crippen LogP) is 3.61. The van der Waals surface area contributed by atoms with Crippen LogP contribution in [0.1, 0.15) is 34.2 Å². The fourth-order valence-electron chi connectivity index (χ4n) is 1.79. The van der Waals surface area contributed by atoms with E-state index in [1.165, 1.54) is 24.3 Å². The van der Waals surface area contributed by atoms with Gasteiger partial charge in [0, 0.05) is 12.0 Å². The van der Waals surface area contributed by atoms with Crippen LogP contribution in [0.5, 0.6) is 0 Å². The first-order valence-corrected chi connectivity index (χ1v) is 5.85. The summed E-state index contributed by atoms with van der Waals surface area (Å²) in [5.41, 5.74) is 0.393. The van der Waals surface area contributed by atoms with Crippen LogP contribution < -0.4 is 0 Å². The number of furan rings is 1. The molecular weight excluding hydrogens is 245 g/mol. The van der Waals surface area contributed by atoms with Gasteiger partial charge in [-0.05, 0) is 43.3 Å². The molecule has 0 N–H and O–H groups in total. The topological polar surface area (TPSA) is 54.0 Å². The second-order valence-corrected chi connectivity index (χ2v) is 4.26. The van der Waals surface area contributed by atoms with Gasteiger partial charge in [0.05, 0.1) is 6.07 Å². The normalized spacial score (nSPS) is 11.8. The van der Waals surface area contributed by atoms with Gasteiger partial charge in [-0.15, -0.1) is 0 Å². The van der Waals surface area contributed by atoms with Gasteiger partial charge in [0.15, 0.2) is 5.78 Å². The van der Waals surface area contributed by atoms with E-state index in [2.05, 4.69) is 6.07 Å². The number of carbonyl (C=O) groups is 1. The minimum Gasteiger partial charge on any atom is -0.465 e. The van der Waals surface area contributed by atoms with Crippen molar-refractivity contribution in [1.82, 2.24) is 0 Å². The maximum atomic E-state index is 12.8. The summed E-state index contributed by atoms with van der Waals surface area (Å²) in [4.78, 5) is 12.0. The highest BCUT2D eigenvalue weighted by Gasteiger charge is 2.19. The van der Waals surface area contributed by atoms with Crippen LogP contribution in [-0.2, 0) is 0 Å². The zero-order chi connectivity index (χ0) is 13.8. The van der Waals surface area contributed by atoms with E-state index in [1.54, 1.807) is 19.1 Å². The Hall–Kier alpha value is -2.41. The number of rotatable bonds is 4. The number of aryl methyl sites for hydroxylation is 1. The van der Waals surface area contributed by atoms with Crippen LogP contribution >= 0.6 is 0 Å². The van der Waals surface area contributed by atoms with Gasteiger partial charge in [-0.1, -0.05) is 0 Å². The van der Waals surface area contributed by atoms with Crippen LogP contribution in [0.3, 0.4) is 0 Å². The van der Waals surface area contributed by atoms with Gasteiger partial charge in [0.2, 0.25) is 0 Å². The zero-order valence-corrected chi connectivity index (χ0v) is 10.4. The molecule has 2 rings (SSSR count). The van der Waals surface area contributed by atoms with Crippen LogP contribution in [0, 0.1) is 24.1 Å². The van der Waals surface area contributed by atoms with E-state index in [0.717, 1.165) is 0 Å². The van der Waals surface area contributed by atoms with Gasteiger partial charge in [-0.2, -0.15) is 5.26 Å². The van der Waals surface area contributed by atoms with Gasteiger partial charge in [0.1, 0.15) is 23.3 Å². The molecule has 0 spiro atoms. The van der Waals surface area contributed by atoms with Crippen LogP contribution in [0.25, 0.3) is 0 Å². The van der Waals surface area contributed by atoms with Crippen LogP contribution in [0.4, 0.5) is 4.39 Å². The summed E-state index contributed by atoms with van der Waals surface area (Å²) in [7, 11) is 0. The molecule has 2 aromatic rings. The Balaban J connectivity index is 2.13. The quantitative estimate of drug-likeness (QED) is 0.786. The van der Waals surface area contributed by atoms with Crippen LogP contribution in [0.2, 0.25) is 0 Å². The molecule has 0 bridgehead atoms. The highest BCUT2D eigenvalue weighted by atomic mass is 19.1. The molecule has 1 unspecified atom stereocenters. The number of carbonyl (C=O) groups excluding carboxylic acids is 1. The summed E-state index contributed by atoms with van der Waals surface area (Å²) in [5.74, 6) is -0.0400. The molecule has 4 heteroatoms. The molecule has 3 nitrogen and oxygen atoms in total. The van der Waals surface area contributed by atoms with Gasteiger partial charge >= 0.3 is 0 Å². The molecule has 0 aliphatic carbocycles. The van der Waals surface area contributed by atoms with Crippen molar-refractivity contribution in [3.63, 3.8) is 0 Å². The van der Waals surface area contributed by atoms with E-state index in [1.807, 2.05) is 0 Å². The van der Waals surface area contributed by atoms with Crippen molar-refractivity contribution in [1.29, 1.82) is 5.26 Å². The second-order valence-electron chi connectivity index (χ2n) is 4.26. The number of halogens is 1. The largest absolute Gasteiger partial charge is 0.465 e. The summed E-state index contributed by atoms with van der Waals surface area (Å²) in [6.07, 6.45) is 0.0229. The molecule has 0 fully saturated rings. The number of hydrogen-bond acceptors (Lipinski definition) is 3. The average molecular weight is 257 g/mol. The van der Waals surface area contributed by atoms with E-state index in [4.69, 9.17) is 9.68 Å². The smallest absolute Gasteiger partial charge is 0.164 e. The molecule has 0 aliphatic rings. The van der Waals surface area contributed by atoms with Crippen LogP contribution in [-0.4, -0.2) is 5.78 Å². The first-order valence-electron chi connectivity index (χ1n) is 5.85. The molecule has 1 aromatic carbocycles. The molecule has 0 aliphatic heterocycles. The lowest BCUT2D eigenvalue weighted by Gasteiger charge is -2.05. The summed E-state index contributed by atoms with van der Waals surface area (Å²) in [6.45, 7) is 1.78. The number of hydrogen-bond donors (Lipinski definition) is 0. The van der Waals surface area contributed by atoms with Crippen molar-refractivity contribution in [2.75, 3.05) is 0 Å². The molecule has 96 valence electrons. The fourth-order valence-corrected chi connectivity index (χ4v) is 1.79. The van der Waals surface area contributed by atoms with Crippen molar-refractivity contribution in [2.24, 2.45) is 0 Å². The second kappa shape index (κ2) is 5.49. The summed E-state index contributed by atoms with van der Waals surface area (Å²) < 4.78 is 18.1. The standard InChI is InChI=1S/C15H12FNO2/c1-10-2-7-15(19-10)12(9-17)8-14(18)11-3-5-13(16)6-4-11/h2-7,12H,8H2,1H3. The fraction of sp³-hybridized carbons (Fsp3) is 0.200. The maximum Gasteiger partial charge on any atom is 0.164 e. The average Bonchev–Trinajstić information content (AvgIpc) is 2.83. The minimum atomic E-state index is -0.619. The number of Topliss-reactive ketones (excluding diaryl/α,β-unsaturated/α-hetero) is 1. The number of nitriles is 1. The van der Waals surface area contributed by atoms with Crippen molar-refractivity contribution < 1.29 is 13.6 Å². The van der Waals surface area contributed by atoms with Crippen LogP contribution in [0.15, 0.2) is 40.8 Å². The summed E-state index contributed by atoms with van der Waals surface area (Å²) in [5, 5.41) is 9.11. The highest BCUT2D eigenvalue weighted by Crippen LogP contribution is 2.23. The van der Waals surface area contributed by atoms with E-state index in [9.17, 15) is 9.18 Å². The van der Waals surface area contributed by atoms with Crippen molar-refractivity contribution in [3.8, 4) is 6.07 Å². The Morgan fingerprint density at radius 1 is 1.32 bits per heavy atom. The number of ketones is 1. The van der Waals surface area contributed by atoms with Crippen molar-refractivity contribution in [3.05, 3.63) is 59.3 Å². The van der Waals surface area contributed by atoms with Gasteiger partial charge in [-0.3, -0.25) is 4.79 Å². The third-order valence-corrected chi connectivity index (χ3v) is 2.82. The molecule has 0 radical (unpaired) electrons. The van der Waals surface area contributed by atoms with Gasteiger partial charge in [0.25, 0.3) is 0 Å². The molecule has 1 atom stereocenters. The van der Waals surface area contributed by atoms with E-state index in [-0.39, 0.29) is 12.2 Å². The predicted molar refractivity (Wildman–Crippen MR) is 67.1 cm³/mol. The molecule has 0 saturated heterocycles. The lowest BCUT2D eigenvalue weighted by atomic mass is 9.97. The van der Waals surface area contributed by atoms with Crippen molar-refractivity contribution in [2.45, 2.75) is 19.3 Å². The number of nitrogens with zero attached hydrogens (tertiary/aromatic N) is 1. The first kappa shape index (κ1) is 13.0. The molecule has 19 heavy (non-hydrogen) atoms. The Kier molecular flexibility index (Phi) is 3.76. The molecule has 1 heterocycles. The highest BCUT2D eigenvalue weighted by molar-refractivity contribution is 5.96. The van der Waals surface area contributed by atoms with Gasteiger partial charge in [-0.25, -0.2) is 4.39 Å². The SMILES string of the molecule is Cc1ccc(C(C#N)CC(=O)c2ccc(F)cc2)o1.